The van der Waals surface area contributed by atoms with Crippen LogP contribution in [0.15, 0.2) is 0 Å². The van der Waals surface area contributed by atoms with E-state index in [9.17, 15) is 13.2 Å². The summed E-state index contributed by atoms with van der Waals surface area (Å²) < 4.78 is 35.2. The van der Waals surface area contributed by atoms with Gasteiger partial charge in [-0.25, -0.2) is 5.90 Å². The smallest absolute Gasteiger partial charge is 0.304 e. The Morgan fingerprint density at radius 3 is 2.40 bits per heavy atom. The molecule has 1 fully saturated rings. The average molecular weight is 155 g/mol. The lowest BCUT2D eigenvalue weighted by Gasteiger charge is -2.03. The fraction of sp³-hybridized carbons (Fsp3) is 1.00. The zero-order valence-electron chi connectivity index (χ0n) is 5.19. The van der Waals surface area contributed by atoms with Crippen molar-refractivity contribution in [3.05, 3.63) is 0 Å². The van der Waals surface area contributed by atoms with Gasteiger partial charge in [0.2, 0.25) is 0 Å². The molecule has 10 heavy (non-hydrogen) atoms. The summed E-state index contributed by atoms with van der Waals surface area (Å²) in [5.74, 6) is 3.04. The minimum Gasteiger partial charge on any atom is -0.304 e. The van der Waals surface area contributed by atoms with Crippen molar-refractivity contribution in [2.45, 2.75) is 12.6 Å². The number of rotatable bonds is 2. The van der Waals surface area contributed by atoms with Gasteiger partial charge in [0.1, 0.15) is 0 Å². The van der Waals surface area contributed by atoms with Crippen LogP contribution in [0, 0.1) is 11.8 Å². The molecule has 1 aliphatic carbocycles. The van der Waals surface area contributed by atoms with Gasteiger partial charge in [-0.2, -0.15) is 13.2 Å². The Hall–Kier alpha value is -0.290. The van der Waals surface area contributed by atoms with Crippen LogP contribution in [0.2, 0.25) is 0 Å². The molecule has 0 heterocycles. The summed E-state index contributed by atoms with van der Waals surface area (Å²) in [5.41, 5.74) is 0. The molecule has 2 nitrogen and oxygen atoms in total. The maximum atomic E-state index is 11.7. The molecular formula is C5H8F3NO. The van der Waals surface area contributed by atoms with Gasteiger partial charge in [0.15, 0.2) is 0 Å². The second-order valence-electron chi connectivity index (χ2n) is 2.48. The zero-order chi connectivity index (χ0) is 7.78. The number of alkyl halides is 3. The molecule has 60 valence electrons. The molecule has 0 bridgehead atoms. The molecule has 2 unspecified atom stereocenters. The molecule has 0 aromatic rings. The van der Waals surface area contributed by atoms with Crippen LogP contribution in [0.3, 0.4) is 0 Å². The van der Waals surface area contributed by atoms with Gasteiger partial charge in [0.25, 0.3) is 0 Å². The van der Waals surface area contributed by atoms with E-state index in [4.69, 9.17) is 0 Å². The maximum Gasteiger partial charge on any atom is 0.392 e. The van der Waals surface area contributed by atoms with Crippen molar-refractivity contribution in [3.8, 4) is 0 Å². The van der Waals surface area contributed by atoms with Gasteiger partial charge in [-0.15, -0.1) is 0 Å². The highest BCUT2D eigenvalue weighted by Crippen LogP contribution is 2.49. The molecule has 0 aliphatic heterocycles. The molecule has 0 amide bonds. The summed E-state index contributed by atoms with van der Waals surface area (Å²) in [6.07, 6.45) is -3.89. The monoisotopic (exact) mass is 155 g/mol. The van der Waals surface area contributed by atoms with Gasteiger partial charge >= 0.3 is 6.18 Å². The summed E-state index contributed by atoms with van der Waals surface area (Å²) in [6, 6.07) is 0. The Kier molecular flexibility index (Phi) is 1.87. The van der Waals surface area contributed by atoms with Gasteiger partial charge < -0.3 is 4.84 Å². The predicted octanol–water partition coefficient (Wildman–Crippen LogP) is 1.08. The quantitative estimate of drug-likeness (QED) is 0.605. The van der Waals surface area contributed by atoms with E-state index in [1.807, 2.05) is 0 Å². The first-order chi connectivity index (χ1) is 4.55. The van der Waals surface area contributed by atoms with Crippen molar-refractivity contribution in [2.24, 2.45) is 17.7 Å². The molecule has 5 heteroatoms. The molecule has 0 saturated heterocycles. The average Bonchev–Trinajstić information content (AvgIpc) is 2.44. The Bertz CT molecular complexity index is 125. The van der Waals surface area contributed by atoms with Crippen molar-refractivity contribution >= 4 is 0 Å². The standard InChI is InChI=1S/C5H8F3NO/c6-5(7,8)4-1-3(4)2-10-9/h3-4H,1-2,9H2. The molecule has 0 spiro atoms. The molecule has 0 aromatic heterocycles. The van der Waals surface area contributed by atoms with E-state index < -0.39 is 18.0 Å². The molecule has 1 saturated carbocycles. The fourth-order valence-electron chi connectivity index (χ4n) is 0.956. The van der Waals surface area contributed by atoms with Crippen molar-refractivity contribution in [2.75, 3.05) is 6.61 Å². The molecule has 0 aromatic carbocycles. The van der Waals surface area contributed by atoms with Gasteiger partial charge in [-0.05, 0) is 12.3 Å². The first-order valence-corrected chi connectivity index (χ1v) is 2.94. The lowest BCUT2D eigenvalue weighted by molar-refractivity contribution is -0.152. The topological polar surface area (TPSA) is 35.2 Å². The van der Waals surface area contributed by atoms with Gasteiger partial charge in [0, 0.05) is 0 Å². The van der Waals surface area contributed by atoms with E-state index in [0.717, 1.165) is 0 Å². The maximum absolute atomic E-state index is 11.7. The number of halogens is 3. The van der Waals surface area contributed by atoms with Gasteiger partial charge in [0.05, 0.1) is 12.5 Å². The first-order valence-electron chi connectivity index (χ1n) is 2.94. The highest BCUT2D eigenvalue weighted by atomic mass is 19.4. The molecular weight excluding hydrogens is 147 g/mol. The minimum atomic E-state index is -4.05. The molecule has 1 rings (SSSR count). The van der Waals surface area contributed by atoms with E-state index in [-0.39, 0.29) is 13.0 Å². The van der Waals surface area contributed by atoms with Crippen LogP contribution < -0.4 is 5.90 Å². The van der Waals surface area contributed by atoms with Crippen molar-refractivity contribution < 1.29 is 18.0 Å². The third kappa shape index (κ3) is 1.60. The van der Waals surface area contributed by atoms with E-state index in [1.54, 1.807) is 0 Å². The van der Waals surface area contributed by atoms with Crippen LogP contribution in [0.5, 0.6) is 0 Å². The third-order valence-corrected chi connectivity index (χ3v) is 1.65. The first kappa shape index (κ1) is 7.81. The lowest BCUT2D eigenvalue weighted by Crippen LogP contribution is -2.14. The minimum absolute atomic E-state index is 0.0180. The Morgan fingerprint density at radius 2 is 2.10 bits per heavy atom. The second kappa shape index (κ2) is 2.39. The van der Waals surface area contributed by atoms with Crippen LogP contribution in [0.1, 0.15) is 6.42 Å². The Morgan fingerprint density at radius 1 is 1.50 bits per heavy atom. The third-order valence-electron chi connectivity index (χ3n) is 1.65. The van der Waals surface area contributed by atoms with Gasteiger partial charge in [-0.1, -0.05) is 0 Å². The SMILES string of the molecule is NOCC1CC1C(F)(F)F. The van der Waals surface area contributed by atoms with Crippen molar-refractivity contribution in [3.63, 3.8) is 0 Å². The Balaban J connectivity index is 2.25. The van der Waals surface area contributed by atoms with Crippen LogP contribution in [-0.4, -0.2) is 12.8 Å². The summed E-state index contributed by atoms with van der Waals surface area (Å²) >= 11 is 0. The number of nitrogens with two attached hydrogens (primary N) is 1. The summed E-state index contributed by atoms with van der Waals surface area (Å²) in [6.45, 7) is 0.0180. The van der Waals surface area contributed by atoms with Crippen LogP contribution >= 0.6 is 0 Å². The van der Waals surface area contributed by atoms with Crippen molar-refractivity contribution in [1.82, 2.24) is 0 Å². The van der Waals surface area contributed by atoms with E-state index in [0.29, 0.717) is 0 Å². The summed E-state index contributed by atoms with van der Waals surface area (Å²) in [7, 11) is 0. The Labute approximate surface area is 56.1 Å². The van der Waals surface area contributed by atoms with Gasteiger partial charge in [-0.3, -0.25) is 0 Å². The lowest BCUT2D eigenvalue weighted by atomic mass is 10.3. The highest BCUT2D eigenvalue weighted by molar-refractivity contribution is 4.90. The summed E-state index contributed by atoms with van der Waals surface area (Å²) in [4.78, 5) is 4.09. The second-order valence-corrected chi connectivity index (χ2v) is 2.48. The normalized spacial score (nSPS) is 32.4. The van der Waals surface area contributed by atoms with Crippen molar-refractivity contribution in [1.29, 1.82) is 0 Å². The molecule has 1 aliphatic rings. The highest BCUT2D eigenvalue weighted by Gasteiger charge is 2.55. The van der Waals surface area contributed by atoms with E-state index in [2.05, 4.69) is 10.7 Å². The molecule has 2 N–H and O–H groups in total. The number of hydrogen-bond acceptors (Lipinski definition) is 2. The predicted molar refractivity (Wildman–Crippen MR) is 27.8 cm³/mol. The number of hydrogen-bond donors (Lipinski definition) is 1. The zero-order valence-corrected chi connectivity index (χ0v) is 5.19. The largest absolute Gasteiger partial charge is 0.392 e. The molecule has 2 atom stereocenters. The summed E-state index contributed by atoms with van der Waals surface area (Å²) in [5, 5.41) is 0. The van der Waals surface area contributed by atoms with Crippen LogP contribution in [0.25, 0.3) is 0 Å². The fourth-order valence-corrected chi connectivity index (χ4v) is 0.956. The van der Waals surface area contributed by atoms with E-state index in [1.165, 1.54) is 0 Å². The van der Waals surface area contributed by atoms with Crippen LogP contribution in [-0.2, 0) is 4.84 Å². The molecule has 0 radical (unpaired) electrons. The van der Waals surface area contributed by atoms with E-state index >= 15 is 0 Å². The van der Waals surface area contributed by atoms with Crippen LogP contribution in [0.4, 0.5) is 13.2 Å².